The van der Waals surface area contributed by atoms with Crippen molar-refractivity contribution in [2.75, 3.05) is 11.9 Å². The quantitative estimate of drug-likeness (QED) is 0.519. The number of aromatic nitrogens is 2. The molecular weight excluding hydrogens is 496 g/mol. The van der Waals surface area contributed by atoms with E-state index in [9.17, 15) is 9.59 Å². The lowest BCUT2D eigenvalue weighted by atomic mass is 10.2. The van der Waals surface area contributed by atoms with E-state index in [-0.39, 0.29) is 11.8 Å². The molecule has 0 aliphatic carbocycles. The maximum absolute atomic E-state index is 12.2. The van der Waals surface area contributed by atoms with Crippen LogP contribution in [0.3, 0.4) is 0 Å². The summed E-state index contributed by atoms with van der Waals surface area (Å²) in [6, 6.07) is 14.3. The van der Waals surface area contributed by atoms with Crippen molar-refractivity contribution in [1.82, 2.24) is 15.5 Å². The molecule has 2 amide bonds. The van der Waals surface area contributed by atoms with Crippen molar-refractivity contribution in [3.8, 4) is 0 Å². The van der Waals surface area contributed by atoms with Gasteiger partial charge < -0.3 is 5.32 Å². The predicted octanol–water partition coefficient (Wildman–Crippen LogP) is 4.29. The molecule has 0 radical (unpaired) electrons. The van der Waals surface area contributed by atoms with Crippen LogP contribution >= 0.6 is 43.2 Å². The molecule has 0 fully saturated rings. The van der Waals surface area contributed by atoms with E-state index >= 15 is 0 Å². The minimum Gasteiger partial charge on any atom is -0.352 e. The van der Waals surface area contributed by atoms with Gasteiger partial charge in [0.2, 0.25) is 5.13 Å². The summed E-state index contributed by atoms with van der Waals surface area (Å²) in [4.78, 5) is 24.3. The second-order valence-electron chi connectivity index (χ2n) is 5.48. The molecule has 6 nitrogen and oxygen atoms in total. The Hall–Kier alpha value is -2.10. The topological polar surface area (TPSA) is 84.0 Å². The van der Waals surface area contributed by atoms with Gasteiger partial charge in [-0.05, 0) is 36.4 Å². The summed E-state index contributed by atoms with van der Waals surface area (Å²) in [5, 5.41) is 14.8. The lowest BCUT2D eigenvalue weighted by Crippen LogP contribution is -2.25. The van der Waals surface area contributed by atoms with Crippen LogP contribution in [0.4, 0.5) is 5.13 Å². The number of rotatable bonds is 6. The molecular formula is C18H14Br2N4O2S. The minimum absolute atomic E-state index is 0.149. The Morgan fingerprint density at radius 3 is 2.19 bits per heavy atom. The van der Waals surface area contributed by atoms with Crippen LogP contribution in [0, 0.1) is 0 Å². The van der Waals surface area contributed by atoms with E-state index in [0.29, 0.717) is 29.2 Å². The maximum atomic E-state index is 12.2. The summed E-state index contributed by atoms with van der Waals surface area (Å²) >= 11 is 7.97. The van der Waals surface area contributed by atoms with Crippen LogP contribution in [0.5, 0.6) is 0 Å². The van der Waals surface area contributed by atoms with Gasteiger partial charge in [0, 0.05) is 33.0 Å². The standard InChI is InChI=1S/C18H14Br2N4O2S/c19-13-5-1-3-11(9-13)16(25)21-8-7-15-23-24-18(27-15)22-17(26)12-4-2-6-14(20)10-12/h1-6,9-10H,7-8H2,(H,21,25)(H,22,24,26). The number of amides is 2. The van der Waals surface area contributed by atoms with Gasteiger partial charge in [-0.3, -0.25) is 14.9 Å². The first kappa shape index (κ1) is 19.7. The van der Waals surface area contributed by atoms with Crippen molar-refractivity contribution >= 4 is 60.1 Å². The fourth-order valence-electron chi connectivity index (χ4n) is 2.22. The Kier molecular flexibility index (Phi) is 6.70. The smallest absolute Gasteiger partial charge is 0.257 e. The summed E-state index contributed by atoms with van der Waals surface area (Å²) < 4.78 is 1.68. The summed E-state index contributed by atoms with van der Waals surface area (Å²) in [6.07, 6.45) is 0.532. The third kappa shape index (κ3) is 5.69. The van der Waals surface area contributed by atoms with E-state index in [1.54, 1.807) is 30.3 Å². The van der Waals surface area contributed by atoms with E-state index < -0.39 is 0 Å². The molecule has 9 heteroatoms. The number of hydrogen-bond donors (Lipinski definition) is 2. The first-order valence-electron chi connectivity index (χ1n) is 7.94. The van der Waals surface area contributed by atoms with Gasteiger partial charge in [0.1, 0.15) is 5.01 Å². The van der Waals surface area contributed by atoms with Crippen LogP contribution in [0.1, 0.15) is 25.7 Å². The van der Waals surface area contributed by atoms with E-state index in [1.807, 2.05) is 18.2 Å². The van der Waals surface area contributed by atoms with Gasteiger partial charge in [-0.15, -0.1) is 10.2 Å². The number of nitrogens with zero attached hydrogens (tertiary/aromatic N) is 2. The van der Waals surface area contributed by atoms with Crippen molar-refractivity contribution in [2.45, 2.75) is 6.42 Å². The lowest BCUT2D eigenvalue weighted by molar-refractivity contribution is 0.0953. The highest BCUT2D eigenvalue weighted by atomic mass is 79.9. The maximum Gasteiger partial charge on any atom is 0.257 e. The highest BCUT2D eigenvalue weighted by Gasteiger charge is 2.11. The number of halogens is 2. The average Bonchev–Trinajstić information content (AvgIpc) is 3.09. The Morgan fingerprint density at radius 1 is 0.926 bits per heavy atom. The Morgan fingerprint density at radius 2 is 1.56 bits per heavy atom. The van der Waals surface area contributed by atoms with Crippen LogP contribution in [0.2, 0.25) is 0 Å². The fraction of sp³-hybridized carbons (Fsp3) is 0.111. The van der Waals surface area contributed by atoms with E-state index in [0.717, 1.165) is 14.0 Å². The van der Waals surface area contributed by atoms with Crippen LogP contribution < -0.4 is 10.6 Å². The molecule has 3 aromatic rings. The van der Waals surface area contributed by atoms with Gasteiger partial charge in [-0.25, -0.2) is 0 Å². The first-order chi connectivity index (χ1) is 13.0. The molecule has 3 rings (SSSR count). The molecule has 0 atom stereocenters. The molecule has 0 aliphatic heterocycles. The fourth-order valence-corrected chi connectivity index (χ4v) is 3.75. The normalized spacial score (nSPS) is 10.4. The molecule has 0 saturated heterocycles. The molecule has 2 aromatic carbocycles. The van der Waals surface area contributed by atoms with Crippen molar-refractivity contribution in [1.29, 1.82) is 0 Å². The molecule has 1 aromatic heterocycles. The van der Waals surface area contributed by atoms with Gasteiger partial charge in [-0.1, -0.05) is 55.3 Å². The van der Waals surface area contributed by atoms with Crippen LogP contribution in [0.25, 0.3) is 0 Å². The zero-order chi connectivity index (χ0) is 19.2. The second-order valence-corrected chi connectivity index (χ2v) is 8.38. The molecule has 0 spiro atoms. The minimum atomic E-state index is -0.248. The highest BCUT2D eigenvalue weighted by Crippen LogP contribution is 2.18. The Labute approximate surface area is 176 Å². The number of anilines is 1. The third-order valence-corrected chi connectivity index (χ3v) is 5.37. The lowest BCUT2D eigenvalue weighted by Gasteiger charge is -2.04. The molecule has 0 unspecified atom stereocenters. The van der Waals surface area contributed by atoms with Gasteiger partial charge in [0.15, 0.2) is 0 Å². The largest absolute Gasteiger partial charge is 0.352 e. The Balaban J connectivity index is 1.51. The van der Waals surface area contributed by atoms with E-state index in [2.05, 4.69) is 52.7 Å². The second kappa shape index (κ2) is 9.20. The number of nitrogens with one attached hydrogen (secondary N) is 2. The van der Waals surface area contributed by atoms with Crippen LogP contribution in [-0.4, -0.2) is 28.6 Å². The average molecular weight is 510 g/mol. The highest BCUT2D eigenvalue weighted by molar-refractivity contribution is 9.10. The van der Waals surface area contributed by atoms with Gasteiger partial charge >= 0.3 is 0 Å². The van der Waals surface area contributed by atoms with Gasteiger partial charge in [0.05, 0.1) is 0 Å². The zero-order valence-corrected chi connectivity index (χ0v) is 17.9. The predicted molar refractivity (Wildman–Crippen MR) is 112 cm³/mol. The molecule has 0 aliphatic rings. The molecule has 1 heterocycles. The number of benzene rings is 2. The van der Waals surface area contributed by atoms with Crippen molar-refractivity contribution in [3.63, 3.8) is 0 Å². The summed E-state index contributed by atoms with van der Waals surface area (Å²) in [6.45, 7) is 0.430. The van der Waals surface area contributed by atoms with Gasteiger partial charge in [0.25, 0.3) is 11.8 Å². The van der Waals surface area contributed by atoms with Crippen molar-refractivity contribution in [3.05, 3.63) is 73.6 Å². The van der Waals surface area contributed by atoms with Gasteiger partial charge in [-0.2, -0.15) is 0 Å². The number of carbonyl (C=O) groups is 2. The molecule has 27 heavy (non-hydrogen) atoms. The SMILES string of the molecule is O=C(NCCc1nnc(NC(=O)c2cccc(Br)c2)s1)c1cccc(Br)c1. The summed E-state index contributed by atoms with van der Waals surface area (Å²) in [5.74, 6) is -0.397. The number of hydrogen-bond acceptors (Lipinski definition) is 5. The zero-order valence-electron chi connectivity index (χ0n) is 13.9. The third-order valence-electron chi connectivity index (χ3n) is 3.49. The van der Waals surface area contributed by atoms with E-state index in [4.69, 9.17) is 0 Å². The van der Waals surface area contributed by atoms with Crippen molar-refractivity contribution < 1.29 is 9.59 Å². The monoisotopic (exact) mass is 508 g/mol. The van der Waals surface area contributed by atoms with Crippen LogP contribution in [-0.2, 0) is 6.42 Å². The Bertz CT molecular complexity index is 977. The molecule has 0 bridgehead atoms. The van der Waals surface area contributed by atoms with Crippen LogP contribution in [0.15, 0.2) is 57.5 Å². The molecule has 2 N–H and O–H groups in total. The summed E-state index contributed by atoms with van der Waals surface area (Å²) in [5.41, 5.74) is 1.12. The summed E-state index contributed by atoms with van der Waals surface area (Å²) in [7, 11) is 0. The van der Waals surface area contributed by atoms with Crippen molar-refractivity contribution in [2.24, 2.45) is 0 Å². The first-order valence-corrected chi connectivity index (χ1v) is 10.3. The van der Waals surface area contributed by atoms with E-state index in [1.165, 1.54) is 11.3 Å². The molecule has 0 saturated carbocycles. The number of carbonyl (C=O) groups excluding carboxylic acids is 2. The molecule has 138 valence electrons.